The molecule has 24 heavy (non-hydrogen) atoms. The number of H-pyrrole nitrogens is 1. The molecule has 0 bridgehead atoms. The van der Waals surface area contributed by atoms with Crippen LogP contribution < -0.4 is 4.18 Å². The van der Waals surface area contributed by atoms with E-state index < -0.39 is 10.4 Å². The highest BCUT2D eigenvalue weighted by Gasteiger charge is 2.18. The number of hydrogen-bond acceptors (Lipinski definition) is 5. The number of unbranched alkanes of at least 4 members (excludes halogenated alkanes) is 1. The Hall–Kier alpha value is -2.45. The van der Waals surface area contributed by atoms with E-state index in [0.29, 0.717) is 17.5 Å². The molecule has 7 nitrogen and oxygen atoms in total. The fourth-order valence-electron chi connectivity index (χ4n) is 2.71. The van der Waals surface area contributed by atoms with Crippen molar-refractivity contribution in [2.24, 2.45) is 0 Å². The number of para-hydroxylation sites is 1. The lowest BCUT2D eigenvalue weighted by Gasteiger charge is -2.14. The fourth-order valence-corrected chi connectivity index (χ4v) is 3.09. The van der Waals surface area contributed by atoms with Crippen molar-refractivity contribution in [3.05, 3.63) is 42.0 Å². The minimum atomic E-state index is -4.59. The molecule has 2 N–H and O–H groups in total. The van der Waals surface area contributed by atoms with Crippen LogP contribution in [-0.2, 0) is 16.8 Å². The Morgan fingerprint density at radius 3 is 2.62 bits per heavy atom. The van der Waals surface area contributed by atoms with Crippen LogP contribution in [0.15, 0.2) is 36.4 Å². The number of fused-ring (bicyclic) bond motifs is 1. The zero-order valence-electron chi connectivity index (χ0n) is 13.1. The Kier molecular flexibility index (Phi) is 4.50. The van der Waals surface area contributed by atoms with Crippen molar-refractivity contribution >= 4 is 21.4 Å². The second-order valence-corrected chi connectivity index (χ2v) is 6.42. The van der Waals surface area contributed by atoms with Gasteiger partial charge in [-0.15, -0.1) is 0 Å². The van der Waals surface area contributed by atoms with Crippen molar-refractivity contribution in [1.82, 2.24) is 15.4 Å². The van der Waals surface area contributed by atoms with Crippen LogP contribution in [0.2, 0.25) is 0 Å². The number of aromatic amines is 1. The molecule has 1 heterocycles. The van der Waals surface area contributed by atoms with Crippen LogP contribution in [0.25, 0.3) is 22.2 Å². The molecule has 0 aliphatic heterocycles. The molecule has 0 aliphatic rings. The monoisotopic (exact) mass is 347 g/mol. The van der Waals surface area contributed by atoms with Gasteiger partial charge >= 0.3 is 10.4 Å². The minimum absolute atomic E-state index is 0.129. The van der Waals surface area contributed by atoms with Crippen LogP contribution in [0.1, 0.15) is 25.3 Å². The predicted octanol–water partition coefficient (Wildman–Crippen LogP) is 3.15. The van der Waals surface area contributed by atoms with Gasteiger partial charge in [-0.05, 0) is 30.5 Å². The van der Waals surface area contributed by atoms with Crippen molar-refractivity contribution in [3.8, 4) is 16.9 Å². The van der Waals surface area contributed by atoms with Crippen LogP contribution in [0.5, 0.6) is 5.75 Å². The van der Waals surface area contributed by atoms with Gasteiger partial charge in [0.25, 0.3) is 0 Å². The lowest BCUT2D eigenvalue weighted by Crippen LogP contribution is -2.09. The van der Waals surface area contributed by atoms with Gasteiger partial charge in [0, 0.05) is 11.1 Å². The maximum absolute atomic E-state index is 11.2. The lowest BCUT2D eigenvalue weighted by molar-refractivity contribution is 0.385. The van der Waals surface area contributed by atoms with E-state index in [0.717, 1.165) is 29.5 Å². The lowest BCUT2D eigenvalue weighted by atomic mass is 9.94. The molecule has 1 aromatic heterocycles. The zero-order valence-corrected chi connectivity index (χ0v) is 13.9. The molecule has 0 saturated carbocycles. The van der Waals surface area contributed by atoms with E-state index >= 15 is 0 Å². The number of benzene rings is 2. The second kappa shape index (κ2) is 6.58. The Balaban J connectivity index is 2.19. The highest BCUT2D eigenvalue weighted by molar-refractivity contribution is 7.81. The smallest absolute Gasteiger partial charge is 0.361 e. The summed E-state index contributed by atoms with van der Waals surface area (Å²) in [5, 5.41) is 10.8. The van der Waals surface area contributed by atoms with Gasteiger partial charge in [0.1, 0.15) is 16.8 Å². The molecule has 0 fully saturated rings. The number of nitrogens with one attached hydrogen (secondary N) is 1. The molecular weight excluding hydrogens is 330 g/mol. The highest BCUT2D eigenvalue weighted by Crippen LogP contribution is 2.35. The number of nitrogens with zero attached hydrogens (tertiary/aromatic N) is 2. The second-order valence-electron chi connectivity index (χ2n) is 5.39. The van der Waals surface area contributed by atoms with Gasteiger partial charge in [-0.2, -0.15) is 23.8 Å². The Labute approximate surface area is 139 Å². The van der Waals surface area contributed by atoms with E-state index in [4.69, 9.17) is 8.74 Å². The Morgan fingerprint density at radius 1 is 1.12 bits per heavy atom. The molecule has 0 spiro atoms. The molecule has 2 aromatic carbocycles. The molecule has 126 valence electrons. The average Bonchev–Trinajstić information content (AvgIpc) is 3.00. The predicted molar refractivity (Wildman–Crippen MR) is 90.1 cm³/mol. The summed E-state index contributed by atoms with van der Waals surface area (Å²) in [7, 11) is -4.59. The maximum atomic E-state index is 11.2. The first-order valence-electron chi connectivity index (χ1n) is 7.58. The summed E-state index contributed by atoms with van der Waals surface area (Å²) in [5.41, 5.74) is 3.76. The van der Waals surface area contributed by atoms with Gasteiger partial charge in [-0.1, -0.05) is 37.6 Å². The first-order valence-corrected chi connectivity index (χ1v) is 8.94. The Bertz CT molecular complexity index is 966. The standard InChI is InChI=1S/C16H17N3O4S/c1-2-3-6-12-11(7-5-10-15(12)23-24(20,21)22)13-8-4-9-14-16(13)18-19-17-14/h4-5,7-10H,2-3,6H2,1H3,(H,17,18,19)(H,20,21,22). The van der Waals surface area contributed by atoms with Crippen molar-refractivity contribution in [3.63, 3.8) is 0 Å². The Morgan fingerprint density at radius 2 is 1.88 bits per heavy atom. The quantitative estimate of drug-likeness (QED) is 0.664. The first-order chi connectivity index (χ1) is 11.5. The van der Waals surface area contributed by atoms with Crippen LogP contribution >= 0.6 is 0 Å². The molecule has 0 amide bonds. The largest absolute Gasteiger partial charge is 0.446 e. The van der Waals surface area contributed by atoms with Crippen LogP contribution in [0.3, 0.4) is 0 Å². The molecule has 0 radical (unpaired) electrons. The summed E-state index contributed by atoms with van der Waals surface area (Å²) in [6.07, 6.45) is 2.41. The van der Waals surface area contributed by atoms with Gasteiger partial charge in [0.15, 0.2) is 0 Å². The van der Waals surface area contributed by atoms with E-state index in [1.54, 1.807) is 6.07 Å². The van der Waals surface area contributed by atoms with Crippen molar-refractivity contribution in [2.45, 2.75) is 26.2 Å². The SMILES string of the molecule is CCCCc1c(OS(=O)(=O)O)cccc1-c1cccc2n[nH]nc12. The molecule has 3 aromatic rings. The summed E-state index contributed by atoms with van der Waals surface area (Å²) in [6.45, 7) is 2.05. The molecule has 0 atom stereocenters. The third-order valence-corrected chi connectivity index (χ3v) is 4.14. The van der Waals surface area contributed by atoms with E-state index in [-0.39, 0.29) is 5.75 Å². The zero-order chi connectivity index (χ0) is 17.2. The third-order valence-electron chi connectivity index (χ3n) is 3.75. The molecular formula is C16H17N3O4S. The fraction of sp³-hybridized carbons (Fsp3) is 0.250. The number of rotatable bonds is 6. The van der Waals surface area contributed by atoms with Gasteiger partial charge in [0.05, 0.1) is 0 Å². The first kappa shape index (κ1) is 16.4. The van der Waals surface area contributed by atoms with E-state index in [9.17, 15) is 8.42 Å². The van der Waals surface area contributed by atoms with E-state index in [1.807, 2.05) is 31.2 Å². The topological polar surface area (TPSA) is 105 Å². The summed E-state index contributed by atoms with van der Waals surface area (Å²) in [4.78, 5) is 0. The third kappa shape index (κ3) is 3.39. The maximum Gasteiger partial charge on any atom is 0.446 e. The number of hydrogen-bond donors (Lipinski definition) is 2. The molecule has 0 saturated heterocycles. The van der Waals surface area contributed by atoms with Gasteiger partial charge in [-0.25, -0.2) is 0 Å². The highest BCUT2D eigenvalue weighted by atomic mass is 32.3. The summed E-state index contributed by atoms with van der Waals surface area (Å²) >= 11 is 0. The summed E-state index contributed by atoms with van der Waals surface area (Å²) in [5.74, 6) is 0.129. The van der Waals surface area contributed by atoms with Crippen molar-refractivity contribution in [2.75, 3.05) is 0 Å². The van der Waals surface area contributed by atoms with E-state index in [1.165, 1.54) is 6.07 Å². The van der Waals surface area contributed by atoms with Gasteiger partial charge in [0.2, 0.25) is 0 Å². The van der Waals surface area contributed by atoms with Crippen molar-refractivity contribution < 1.29 is 17.2 Å². The van der Waals surface area contributed by atoms with Crippen LogP contribution in [0.4, 0.5) is 0 Å². The molecule has 3 rings (SSSR count). The van der Waals surface area contributed by atoms with Crippen LogP contribution in [-0.4, -0.2) is 28.4 Å². The average molecular weight is 347 g/mol. The normalized spacial score (nSPS) is 11.8. The van der Waals surface area contributed by atoms with Crippen molar-refractivity contribution in [1.29, 1.82) is 0 Å². The molecule has 8 heteroatoms. The minimum Gasteiger partial charge on any atom is -0.361 e. The van der Waals surface area contributed by atoms with E-state index in [2.05, 4.69) is 15.4 Å². The van der Waals surface area contributed by atoms with Gasteiger partial charge in [-0.3, -0.25) is 4.55 Å². The summed E-state index contributed by atoms with van der Waals surface area (Å²) in [6, 6.07) is 10.7. The van der Waals surface area contributed by atoms with Gasteiger partial charge < -0.3 is 4.18 Å². The molecule has 0 aliphatic carbocycles. The summed E-state index contributed by atoms with van der Waals surface area (Å²) < 4.78 is 36.1. The molecule has 0 unspecified atom stereocenters. The van der Waals surface area contributed by atoms with Crippen LogP contribution in [0, 0.1) is 0 Å². The number of aromatic nitrogens is 3.